The van der Waals surface area contributed by atoms with Crippen molar-refractivity contribution in [3.05, 3.63) is 40.2 Å². The maximum atomic E-state index is 12.3. The molecule has 45 heavy (non-hydrogen) atoms. The number of rotatable bonds is 7. The van der Waals surface area contributed by atoms with Gasteiger partial charge in [0.05, 0.1) is 54.2 Å². The van der Waals surface area contributed by atoms with E-state index in [4.69, 9.17) is 37.8 Å². The highest BCUT2D eigenvalue weighted by molar-refractivity contribution is 6.36. The highest BCUT2D eigenvalue weighted by Crippen LogP contribution is 2.56. The van der Waals surface area contributed by atoms with Crippen LogP contribution in [-0.4, -0.2) is 106 Å². The van der Waals surface area contributed by atoms with Crippen LogP contribution in [0.3, 0.4) is 0 Å². The second-order valence-corrected chi connectivity index (χ2v) is 14.4. The van der Waals surface area contributed by atoms with Crippen molar-refractivity contribution in [2.75, 3.05) is 64.0 Å². The number of nitrogens with zero attached hydrogens (tertiary/aromatic N) is 6. The normalized spacial score (nSPS) is 25.8. The third-order valence-electron chi connectivity index (χ3n) is 10.7. The molecule has 4 fully saturated rings. The summed E-state index contributed by atoms with van der Waals surface area (Å²) in [5.74, 6) is 0.972. The van der Waals surface area contributed by atoms with Crippen LogP contribution in [0.5, 0.6) is 0 Å². The van der Waals surface area contributed by atoms with Crippen LogP contribution in [0.1, 0.15) is 50.4 Å². The number of benzene rings is 1. The molecule has 1 aliphatic carbocycles. The van der Waals surface area contributed by atoms with Gasteiger partial charge >= 0.3 is 0 Å². The molecule has 2 atom stereocenters. The Morgan fingerprint density at radius 2 is 1.98 bits per heavy atom. The molecule has 1 N–H and O–H groups in total. The zero-order valence-electron chi connectivity index (χ0n) is 26.6. The predicted octanol–water partition coefficient (Wildman–Crippen LogP) is 5.32. The maximum Gasteiger partial charge on any atom is 0.247 e. The molecule has 1 spiro atoms. The van der Waals surface area contributed by atoms with Gasteiger partial charge in [-0.1, -0.05) is 30.1 Å². The van der Waals surface area contributed by atoms with E-state index in [1.165, 1.54) is 11.6 Å². The van der Waals surface area contributed by atoms with E-state index in [0.29, 0.717) is 19.8 Å². The molecule has 0 bridgehead atoms. The largest absolute Gasteiger partial charge is 0.376 e. The minimum atomic E-state index is -0.147. The number of piperazine rings is 1. The number of nitrogens with one attached hydrogen (secondary N) is 1. The van der Waals surface area contributed by atoms with E-state index in [0.717, 1.165) is 103 Å². The van der Waals surface area contributed by atoms with E-state index in [9.17, 15) is 4.79 Å². The Bertz CT molecular complexity index is 1620. The second kappa shape index (κ2) is 11.9. The van der Waals surface area contributed by atoms with Crippen LogP contribution in [0.15, 0.2) is 23.9 Å². The molecular formula is C33H43Cl2N7O3. The maximum absolute atomic E-state index is 12.3. The van der Waals surface area contributed by atoms with Gasteiger partial charge in [0.2, 0.25) is 5.91 Å². The smallest absolute Gasteiger partial charge is 0.247 e. The number of hydrogen-bond acceptors (Lipinski definition) is 7. The van der Waals surface area contributed by atoms with Crippen LogP contribution in [0.25, 0.3) is 22.0 Å². The van der Waals surface area contributed by atoms with E-state index < -0.39 is 0 Å². The fourth-order valence-corrected chi connectivity index (χ4v) is 8.50. The van der Waals surface area contributed by atoms with E-state index in [1.807, 2.05) is 11.1 Å². The first-order valence-electron chi connectivity index (χ1n) is 16.1. The SMILES string of the molecule is CC[C@@]1(C)CN(C[C@@H]2COCCO2)CCN1c1nn(C2CC3(C2)CN(C(=O)/C=C/Cl)C3)c(C)c1-c1c(Cl)c(C)cc2[nH]ncc12. The monoisotopic (exact) mass is 655 g/mol. The molecule has 12 heteroatoms. The van der Waals surface area contributed by atoms with Gasteiger partial charge < -0.3 is 19.3 Å². The average Bonchev–Trinajstić information content (AvgIpc) is 3.57. The van der Waals surface area contributed by atoms with Crippen molar-refractivity contribution in [1.82, 2.24) is 29.8 Å². The Balaban J connectivity index is 1.24. The molecule has 3 saturated heterocycles. The zero-order valence-corrected chi connectivity index (χ0v) is 28.1. The lowest BCUT2D eigenvalue weighted by Crippen LogP contribution is -2.63. The fourth-order valence-electron chi connectivity index (χ4n) is 8.14. The van der Waals surface area contributed by atoms with Crippen molar-refractivity contribution >= 4 is 45.8 Å². The molecule has 2 aromatic heterocycles. The van der Waals surface area contributed by atoms with E-state index in [2.05, 4.69) is 58.4 Å². The van der Waals surface area contributed by atoms with E-state index >= 15 is 0 Å². The summed E-state index contributed by atoms with van der Waals surface area (Å²) in [5, 5.41) is 14.8. The van der Waals surface area contributed by atoms with Crippen molar-refractivity contribution in [3.8, 4) is 11.1 Å². The van der Waals surface area contributed by atoms with Crippen molar-refractivity contribution in [2.24, 2.45) is 5.41 Å². The second-order valence-electron chi connectivity index (χ2n) is 13.8. The summed E-state index contributed by atoms with van der Waals surface area (Å²) in [5.41, 5.74) is 6.48. The number of aromatic nitrogens is 4. The van der Waals surface area contributed by atoms with Crippen molar-refractivity contribution < 1.29 is 14.3 Å². The number of fused-ring (bicyclic) bond motifs is 1. The number of carbonyl (C=O) groups is 1. The Labute approximate surface area is 274 Å². The molecule has 10 nitrogen and oxygen atoms in total. The molecule has 7 rings (SSSR count). The topological polar surface area (TPSA) is 91.8 Å². The number of likely N-dealkylation sites (tertiary alicyclic amines) is 1. The number of ether oxygens (including phenoxy) is 2. The zero-order chi connectivity index (χ0) is 31.5. The van der Waals surface area contributed by atoms with Gasteiger partial charge in [0.15, 0.2) is 5.82 Å². The average molecular weight is 657 g/mol. The highest BCUT2D eigenvalue weighted by atomic mass is 35.5. The molecule has 0 radical (unpaired) electrons. The number of anilines is 1. The van der Waals surface area contributed by atoms with Gasteiger partial charge in [-0.15, -0.1) is 0 Å². The number of carbonyl (C=O) groups excluding carboxylic acids is 1. The van der Waals surface area contributed by atoms with Crippen LogP contribution in [0.4, 0.5) is 5.82 Å². The number of aromatic amines is 1. The lowest BCUT2D eigenvalue weighted by atomic mass is 9.60. The molecule has 1 amide bonds. The molecule has 1 aromatic carbocycles. The lowest BCUT2D eigenvalue weighted by Gasteiger charge is -2.58. The summed E-state index contributed by atoms with van der Waals surface area (Å²) < 4.78 is 13.9. The summed E-state index contributed by atoms with van der Waals surface area (Å²) in [6, 6.07) is 2.33. The molecule has 1 saturated carbocycles. The first-order chi connectivity index (χ1) is 21.6. The summed E-state index contributed by atoms with van der Waals surface area (Å²) in [6.07, 6.45) is 6.38. The Kier molecular flexibility index (Phi) is 8.17. The van der Waals surface area contributed by atoms with Crippen LogP contribution >= 0.6 is 23.2 Å². The third-order valence-corrected chi connectivity index (χ3v) is 11.3. The summed E-state index contributed by atoms with van der Waals surface area (Å²) in [7, 11) is 0. The Morgan fingerprint density at radius 3 is 2.69 bits per heavy atom. The number of halogens is 2. The van der Waals surface area contributed by atoms with Gasteiger partial charge in [0, 0.05) is 78.5 Å². The van der Waals surface area contributed by atoms with Gasteiger partial charge in [-0.05, 0) is 51.7 Å². The summed E-state index contributed by atoms with van der Waals surface area (Å²) >= 11 is 12.8. The van der Waals surface area contributed by atoms with Gasteiger partial charge in [0.25, 0.3) is 0 Å². The lowest BCUT2D eigenvalue weighted by molar-refractivity contribution is -0.149. The molecule has 3 aromatic rings. The molecule has 242 valence electrons. The van der Waals surface area contributed by atoms with Crippen molar-refractivity contribution in [3.63, 3.8) is 0 Å². The number of aryl methyl sites for hydroxylation is 1. The minimum absolute atomic E-state index is 0.0160. The predicted molar refractivity (Wildman–Crippen MR) is 177 cm³/mol. The Morgan fingerprint density at radius 1 is 1.18 bits per heavy atom. The summed E-state index contributed by atoms with van der Waals surface area (Å²) in [6.45, 7) is 15.9. The van der Waals surface area contributed by atoms with Crippen LogP contribution in [0.2, 0.25) is 5.02 Å². The van der Waals surface area contributed by atoms with Crippen LogP contribution in [0, 0.1) is 19.3 Å². The molecule has 3 aliphatic heterocycles. The molecular weight excluding hydrogens is 613 g/mol. The van der Waals surface area contributed by atoms with Crippen molar-refractivity contribution in [1.29, 1.82) is 0 Å². The third kappa shape index (κ3) is 5.36. The Hall–Kier alpha value is -2.63. The first-order valence-corrected chi connectivity index (χ1v) is 16.9. The van der Waals surface area contributed by atoms with Crippen molar-refractivity contribution in [2.45, 2.75) is 64.6 Å². The van der Waals surface area contributed by atoms with E-state index in [-0.39, 0.29) is 29.0 Å². The standard InChI is InChI=1S/C33H43Cl2N7O3/c1-5-32(4)18-39(16-24-17-44-10-11-45-24)8-9-41(32)31-28(29-25-15-36-37-26(25)12-21(2)30(29)35)22(3)42(38-31)23-13-33(14-23)19-40(20-33)27(43)6-7-34/h6-7,12,15,23-24H,5,8-11,13-14,16-20H2,1-4H3,(H,36,37)/b7-6+/t24-,32+/m1/s1. The molecule has 4 aliphatic rings. The van der Waals surface area contributed by atoms with Crippen LogP contribution < -0.4 is 4.90 Å². The number of amides is 1. The first kappa shape index (κ1) is 31.0. The molecule has 0 unspecified atom stereocenters. The number of hydrogen-bond donors (Lipinski definition) is 1. The van der Waals surface area contributed by atoms with Gasteiger partial charge in [-0.25, -0.2) is 0 Å². The van der Waals surface area contributed by atoms with Gasteiger partial charge in [-0.2, -0.15) is 10.2 Å². The quantitative estimate of drug-likeness (QED) is 0.345. The van der Waals surface area contributed by atoms with Gasteiger partial charge in [0.1, 0.15) is 0 Å². The number of H-pyrrole nitrogens is 1. The van der Waals surface area contributed by atoms with Crippen LogP contribution in [-0.2, 0) is 14.3 Å². The highest BCUT2D eigenvalue weighted by Gasteiger charge is 2.55. The summed E-state index contributed by atoms with van der Waals surface area (Å²) in [4.78, 5) is 19.2. The molecule has 5 heterocycles. The fraction of sp³-hybridized carbons (Fsp3) is 0.606. The van der Waals surface area contributed by atoms with Gasteiger partial charge in [-0.3, -0.25) is 19.5 Å². The minimum Gasteiger partial charge on any atom is -0.376 e. The van der Waals surface area contributed by atoms with E-state index in [1.54, 1.807) is 0 Å².